The van der Waals surface area contributed by atoms with E-state index in [-0.39, 0.29) is 6.61 Å². The zero-order chi connectivity index (χ0) is 17.1. The highest BCUT2D eigenvalue weighted by Crippen LogP contribution is 2.25. The summed E-state index contributed by atoms with van der Waals surface area (Å²) in [4.78, 5) is 4.66. The molecular weight excluding hydrogens is 302 g/mol. The summed E-state index contributed by atoms with van der Waals surface area (Å²) < 4.78 is 7.75. The molecule has 0 aliphatic rings. The number of aliphatic hydroxyl groups excluding tert-OH is 1. The second kappa shape index (κ2) is 6.93. The third-order valence-corrected chi connectivity index (χ3v) is 4.30. The predicted octanol–water partition coefficient (Wildman–Crippen LogP) is 3.24. The van der Waals surface area contributed by atoms with Crippen molar-refractivity contribution in [3.05, 3.63) is 59.0 Å². The van der Waals surface area contributed by atoms with Gasteiger partial charge in [0.05, 0.1) is 18.0 Å². The van der Waals surface area contributed by atoms with Crippen molar-refractivity contribution in [1.82, 2.24) is 9.38 Å². The van der Waals surface area contributed by atoms with Gasteiger partial charge in [0.25, 0.3) is 0 Å². The van der Waals surface area contributed by atoms with Gasteiger partial charge in [-0.05, 0) is 44.5 Å². The highest BCUT2D eigenvalue weighted by atomic mass is 16.5. The van der Waals surface area contributed by atoms with Crippen LogP contribution in [0, 0.1) is 20.8 Å². The Labute approximate surface area is 141 Å². The molecule has 5 heteroatoms. The number of imidazole rings is 1. The van der Waals surface area contributed by atoms with E-state index in [9.17, 15) is 0 Å². The smallest absolute Gasteiger partial charge is 0.160 e. The van der Waals surface area contributed by atoms with Crippen LogP contribution in [0.25, 0.3) is 5.65 Å². The molecule has 0 aliphatic heterocycles. The van der Waals surface area contributed by atoms with Crippen molar-refractivity contribution in [3.63, 3.8) is 0 Å². The Kier molecular flexibility index (Phi) is 4.71. The number of anilines is 1. The fourth-order valence-corrected chi connectivity index (χ4v) is 2.81. The van der Waals surface area contributed by atoms with Gasteiger partial charge in [-0.2, -0.15) is 0 Å². The number of nitrogens with one attached hydrogen (secondary N) is 1. The monoisotopic (exact) mass is 325 g/mol. The molecule has 0 unspecified atom stereocenters. The number of benzene rings is 1. The van der Waals surface area contributed by atoms with E-state index < -0.39 is 0 Å². The Bertz CT molecular complexity index is 855. The zero-order valence-electron chi connectivity index (χ0n) is 14.3. The second-order valence-electron chi connectivity index (χ2n) is 5.88. The number of fused-ring (bicyclic) bond motifs is 1. The van der Waals surface area contributed by atoms with Crippen molar-refractivity contribution >= 4 is 11.3 Å². The molecule has 2 heterocycles. The Morgan fingerprint density at radius 3 is 2.79 bits per heavy atom. The van der Waals surface area contributed by atoms with Crippen LogP contribution in [0.1, 0.15) is 22.5 Å². The van der Waals surface area contributed by atoms with Gasteiger partial charge in [0.2, 0.25) is 0 Å². The molecule has 0 spiro atoms. The fraction of sp³-hybridized carbons (Fsp3) is 0.316. The number of hydrogen-bond donors (Lipinski definition) is 2. The van der Waals surface area contributed by atoms with Crippen LogP contribution in [-0.2, 0) is 6.54 Å². The van der Waals surface area contributed by atoms with Gasteiger partial charge in [0.1, 0.15) is 12.4 Å². The van der Waals surface area contributed by atoms with Crippen LogP contribution in [0.3, 0.4) is 0 Å². The second-order valence-corrected chi connectivity index (χ2v) is 5.88. The van der Waals surface area contributed by atoms with Crippen LogP contribution in [-0.4, -0.2) is 27.7 Å². The third kappa shape index (κ3) is 3.08. The first-order chi connectivity index (χ1) is 11.6. The highest BCUT2D eigenvalue weighted by molar-refractivity contribution is 5.68. The SMILES string of the molecule is Cc1cccc(OCCO)c1CNc1cccn2c(C)c(C)nc12. The summed E-state index contributed by atoms with van der Waals surface area (Å²) in [6.07, 6.45) is 2.03. The van der Waals surface area contributed by atoms with Crippen molar-refractivity contribution in [3.8, 4) is 5.75 Å². The standard InChI is InChI=1S/C19H23N3O2/c1-13-6-4-8-18(24-11-10-23)16(13)12-20-17-7-5-9-22-15(3)14(2)21-19(17)22/h4-9,20,23H,10-12H2,1-3H3. The summed E-state index contributed by atoms with van der Waals surface area (Å²) >= 11 is 0. The number of pyridine rings is 1. The molecule has 3 aromatic rings. The minimum atomic E-state index is 0.00669. The molecule has 24 heavy (non-hydrogen) atoms. The maximum absolute atomic E-state index is 8.99. The van der Waals surface area contributed by atoms with E-state index in [1.54, 1.807) is 0 Å². The summed E-state index contributed by atoms with van der Waals surface area (Å²) in [5.74, 6) is 0.805. The molecule has 2 aromatic heterocycles. The maximum Gasteiger partial charge on any atom is 0.160 e. The van der Waals surface area contributed by atoms with Gasteiger partial charge in [-0.25, -0.2) is 4.98 Å². The Morgan fingerprint density at radius 1 is 1.17 bits per heavy atom. The van der Waals surface area contributed by atoms with E-state index in [0.717, 1.165) is 39.6 Å². The van der Waals surface area contributed by atoms with E-state index in [4.69, 9.17) is 9.84 Å². The molecular formula is C19H23N3O2. The van der Waals surface area contributed by atoms with E-state index in [2.05, 4.69) is 34.6 Å². The van der Waals surface area contributed by atoms with Crippen molar-refractivity contribution in [2.75, 3.05) is 18.5 Å². The normalized spacial score (nSPS) is 11.0. The first-order valence-electron chi connectivity index (χ1n) is 8.12. The van der Waals surface area contributed by atoms with Crippen molar-refractivity contribution in [2.45, 2.75) is 27.3 Å². The average Bonchev–Trinajstić information content (AvgIpc) is 2.87. The number of rotatable bonds is 6. The van der Waals surface area contributed by atoms with Gasteiger partial charge in [-0.1, -0.05) is 12.1 Å². The van der Waals surface area contributed by atoms with Gasteiger partial charge in [-0.15, -0.1) is 0 Å². The fourth-order valence-electron chi connectivity index (χ4n) is 2.81. The highest BCUT2D eigenvalue weighted by Gasteiger charge is 2.11. The van der Waals surface area contributed by atoms with Gasteiger partial charge in [-0.3, -0.25) is 0 Å². The van der Waals surface area contributed by atoms with Crippen LogP contribution in [0.2, 0.25) is 0 Å². The van der Waals surface area contributed by atoms with Crippen molar-refractivity contribution in [1.29, 1.82) is 0 Å². The minimum Gasteiger partial charge on any atom is -0.491 e. The third-order valence-electron chi connectivity index (χ3n) is 4.30. The molecule has 5 nitrogen and oxygen atoms in total. The number of aromatic nitrogens is 2. The zero-order valence-corrected chi connectivity index (χ0v) is 14.3. The summed E-state index contributed by atoms with van der Waals surface area (Å²) in [7, 11) is 0. The van der Waals surface area contributed by atoms with E-state index in [1.165, 1.54) is 0 Å². The maximum atomic E-state index is 8.99. The molecule has 3 rings (SSSR count). The lowest BCUT2D eigenvalue weighted by atomic mass is 10.1. The van der Waals surface area contributed by atoms with Gasteiger partial charge >= 0.3 is 0 Å². The molecule has 0 fully saturated rings. The molecule has 2 N–H and O–H groups in total. The molecule has 0 radical (unpaired) electrons. The number of aliphatic hydroxyl groups is 1. The summed E-state index contributed by atoms with van der Waals surface area (Å²) in [5.41, 5.74) is 6.35. The van der Waals surface area contributed by atoms with Crippen LogP contribution in [0.4, 0.5) is 5.69 Å². The van der Waals surface area contributed by atoms with Crippen LogP contribution in [0.5, 0.6) is 5.75 Å². The van der Waals surface area contributed by atoms with E-state index in [1.807, 2.05) is 37.4 Å². The van der Waals surface area contributed by atoms with E-state index in [0.29, 0.717) is 13.2 Å². The number of aryl methyl sites for hydroxylation is 3. The summed E-state index contributed by atoms with van der Waals surface area (Å²) in [5, 5.41) is 12.5. The molecule has 0 amide bonds. The van der Waals surface area contributed by atoms with Gasteiger partial charge in [0, 0.05) is 24.0 Å². The molecule has 0 aliphatic carbocycles. The lowest BCUT2D eigenvalue weighted by molar-refractivity contribution is 0.200. The summed E-state index contributed by atoms with van der Waals surface area (Å²) in [6, 6.07) is 10.0. The van der Waals surface area contributed by atoms with Crippen LogP contribution >= 0.6 is 0 Å². The van der Waals surface area contributed by atoms with Crippen LogP contribution < -0.4 is 10.1 Å². The lowest BCUT2D eigenvalue weighted by Crippen LogP contribution is -2.08. The number of ether oxygens (including phenoxy) is 1. The Hall–Kier alpha value is -2.53. The van der Waals surface area contributed by atoms with E-state index >= 15 is 0 Å². The predicted molar refractivity (Wildman–Crippen MR) is 95.8 cm³/mol. The molecule has 126 valence electrons. The van der Waals surface area contributed by atoms with Crippen molar-refractivity contribution in [2.24, 2.45) is 0 Å². The Balaban J connectivity index is 1.88. The van der Waals surface area contributed by atoms with Crippen LogP contribution in [0.15, 0.2) is 36.5 Å². The topological polar surface area (TPSA) is 58.8 Å². The molecule has 0 saturated heterocycles. The van der Waals surface area contributed by atoms with Gasteiger partial charge in [0.15, 0.2) is 5.65 Å². The molecule has 0 bridgehead atoms. The van der Waals surface area contributed by atoms with Crippen molar-refractivity contribution < 1.29 is 9.84 Å². The number of hydrogen-bond acceptors (Lipinski definition) is 4. The largest absolute Gasteiger partial charge is 0.491 e. The quantitative estimate of drug-likeness (QED) is 0.730. The first-order valence-corrected chi connectivity index (χ1v) is 8.12. The van der Waals surface area contributed by atoms with Gasteiger partial charge < -0.3 is 19.6 Å². The minimum absolute atomic E-state index is 0.00669. The lowest BCUT2D eigenvalue weighted by Gasteiger charge is -2.15. The Morgan fingerprint density at radius 2 is 2.00 bits per heavy atom. The summed E-state index contributed by atoms with van der Waals surface area (Å²) in [6.45, 7) is 7.10. The first kappa shape index (κ1) is 16.3. The average molecular weight is 325 g/mol. The molecule has 0 atom stereocenters. The molecule has 0 saturated carbocycles. The molecule has 1 aromatic carbocycles. The number of nitrogens with zero attached hydrogens (tertiary/aromatic N) is 2.